The van der Waals surface area contributed by atoms with E-state index in [1.165, 1.54) is 11.3 Å². The molecule has 156 valence electrons. The largest absolute Gasteiger partial charge is 0.346 e. The van der Waals surface area contributed by atoms with Crippen LogP contribution in [-0.2, 0) is 17.9 Å². The Kier molecular flexibility index (Phi) is 6.44. The summed E-state index contributed by atoms with van der Waals surface area (Å²) in [5.74, 6) is -0.354. The Morgan fingerprint density at radius 2 is 1.94 bits per heavy atom. The zero-order chi connectivity index (χ0) is 21.5. The number of pyridine rings is 1. The van der Waals surface area contributed by atoms with Crippen LogP contribution in [0.5, 0.6) is 0 Å². The van der Waals surface area contributed by atoms with Gasteiger partial charge in [-0.3, -0.25) is 14.6 Å². The zero-order valence-corrected chi connectivity index (χ0v) is 17.4. The molecule has 3 aromatic heterocycles. The second-order valence-corrected chi connectivity index (χ2v) is 7.67. The van der Waals surface area contributed by atoms with Gasteiger partial charge >= 0.3 is 0 Å². The zero-order valence-electron chi connectivity index (χ0n) is 16.6. The van der Waals surface area contributed by atoms with Crippen molar-refractivity contribution in [3.8, 4) is 11.3 Å². The van der Waals surface area contributed by atoms with Crippen LogP contribution >= 0.6 is 11.3 Å². The molecular weight excluding hydrogens is 412 g/mol. The minimum absolute atomic E-state index is 0.127. The number of hydrogen-bond donors (Lipinski definition) is 2. The molecule has 0 unspecified atom stereocenters. The summed E-state index contributed by atoms with van der Waals surface area (Å²) < 4.78 is 1.84. The molecule has 0 radical (unpaired) electrons. The number of aromatic nitrogens is 4. The monoisotopic (exact) mass is 432 g/mol. The molecule has 9 heteroatoms. The molecule has 0 aliphatic rings. The van der Waals surface area contributed by atoms with Crippen LogP contribution in [0.1, 0.15) is 21.8 Å². The van der Waals surface area contributed by atoms with Gasteiger partial charge in [-0.1, -0.05) is 6.07 Å². The van der Waals surface area contributed by atoms with Gasteiger partial charge in [0, 0.05) is 59.9 Å². The summed E-state index contributed by atoms with van der Waals surface area (Å²) in [7, 11) is 0. The van der Waals surface area contributed by atoms with Gasteiger partial charge in [0.25, 0.3) is 5.91 Å². The fraction of sp³-hybridized carbons (Fsp3) is 0.136. The van der Waals surface area contributed by atoms with Gasteiger partial charge in [0.15, 0.2) is 0 Å². The van der Waals surface area contributed by atoms with Crippen LogP contribution in [0, 0.1) is 0 Å². The number of rotatable bonds is 8. The van der Waals surface area contributed by atoms with Crippen molar-refractivity contribution in [2.75, 3.05) is 5.32 Å². The Labute approximate surface area is 183 Å². The van der Waals surface area contributed by atoms with E-state index in [2.05, 4.69) is 25.6 Å². The highest BCUT2D eigenvalue weighted by Gasteiger charge is 2.10. The number of nitrogens with one attached hydrogen (secondary N) is 2. The van der Waals surface area contributed by atoms with Crippen molar-refractivity contribution < 1.29 is 9.59 Å². The Bertz CT molecular complexity index is 1160. The van der Waals surface area contributed by atoms with Gasteiger partial charge in [-0.05, 0) is 30.3 Å². The van der Waals surface area contributed by atoms with Crippen molar-refractivity contribution in [1.29, 1.82) is 0 Å². The maximum atomic E-state index is 12.5. The van der Waals surface area contributed by atoms with E-state index in [1.54, 1.807) is 55.4 Å². The number of carbonyl (C=O) groups is 2. The molecule has 4 rings (SSSR count). The summed E-state index contributed by atoms with van der Waals surface area (Å²) in [4.78, 5) is 37.2. The molecule has 31 heavy (non-hydrogen) atoms. The van der Waals surface area contributed by atoms with Gasteiger partial charge in [0.1, 0.15) is 5.01 Å². The quantitative estimate of drug-likeness (QED) is 0.445. The van der Waals surface area contributed by atoms with Gasteiger partial charge in [-0.15, -0.1) is 11.3 Å². The SMILES string of the molecule is O=C(CCn1ccnc1)Nc1cccc(C(=O)NCc2nc(-c3ccncc3)cs2)c1. The minimum atomic E-state index is -0.227. The number of anilines is 1. The van der Waals surface area contributed by atoms with Crippen LogP contribution in [0.2, 0.25) is 0 Å². The fourth-order valence-corrected chi connectivity index (χ4v) is 3.66. The predicted octanol–water partition coefficient (Wildman–Crippen LogP) is 3.36. The molecule has 0 aliphatic heterocycles. The second-order valence-electron chi connectivity index (χ2n) is 6.72. The van der Waals surface area contributed by atoms with Crippen molar-refractivity contribution in [2.45, 2.75) is 19.5 Å². The van der Waals surface area contributed by atoms with Crippen molar-refractivity contribution in [3.63, 3.8) is 0 Å². The third-order valence-electron chi connectivity index (χ3n) is 4.49. The van der Waals surface area contributed by atoms with E-state index in [0.29, 0.717) is 30.8 Å². The predicted molar refractivity (Wildman–Crippen MR) is 118 cm³/mol. The topological polar surface area (TPSA) is 102 Å². The molecule has 4 aromatic rings. The van der Waals surface area contributed by atoms with Gasteiger partial charge in [0.2, 0.25) is 5.91 Å². The highest BCUT2D eigenvalue weighted by atomic mass is 32.1. The third-order valence-corrected chi connectivity index (χ3v) is 5.34. The lowest BCUT2D eigenvalue weighted by atomic mass is 10.2. The van der Waals surface area contributed by atoms with Gasteiger partial charge in [0.05, 0.1) is 18.6 Å². The van der Waals surface area contributed by atoms with Crippen molar-refractivity contribution in [1.82, 2.24) is 24.8 Å². The van der Waals surface area contributed by atoms with E-state index in [-0.39, 0.29) is 11.8 Å². The molecule has 0 spiro atoms. The lowest BCUT2D eigenvalue weighted by Crippen LogP contribution is -2.23. The van der Waals surface area contributed by atoms with E-state index in [1.807, 2.05) is 22.1 Å². The van der Waals surface area contributed by atoms with E-state index >= 15 is 0 Å². The first-order valence-electron chi connectivity index (χ1n) is 9.66. The average molecular weight is 433 g/mol. The smallest absolute Gasteiger partial charge is 0.251 e. The summed E-state index contributed by atoms with van der Waals surface area (Å²) in [6.07, 6.45) is 8.91. The molecule has 0 saturated carbocycles. The van der Waals surface area contributed by atoms with E-state index in [4.69, 9.17) is 0 Å². The van der Waals surface area contributed by atoms with Crippen LogP contribution in [0.15, 0.2) is 72.9 Å². The van der Waals surface area contributed by atoms with Crippen LogP contribution in [0.25, 0.3) is 11.3 Å². The summed E-state index contributed by atoms with van der Waals surface area (Å²) in [5.41, 5.74) is 2.90. The van der Waals surface area contributed by atoms with E-state index in [0.717, 1.165) is 16.3 Å². The standard InChI is InChI=1S/C22H20N6O2S/c29-20(6-10-28-11-9-24-15-28)26-18-3-1-2-17(12-18)22(30)25-13-21-27-19(14-31-21)16-4-7-23-8-5-16/h1-5,7-9,11-12,14-15H,6,10,13H2,(H,25,30)(H,26,29). The summed E-state index contributed by atoms with van der Waals surface area (Å²) in [5, 5.41) is 8.47. The highest BCUT2D eigenvalue weighted by Crippen LogP contribution is 2.21. The third kappa shape index (κ3) is 5.61. The van der Waals surface area contributed by atoms with Crippen LogP contribution in [0.3, 0.4) is 0 Å². The molecular formula is C22H20N6O2S. The number of carbonyl (C=O) groups excluding carboxylic acids is 2. The highest BCUT2D eigenvalue weighted by molar-refractivity contribution is 7.09. The first kappa shape index (κ1) is 20.4. The first-order chi connectivity index (χ1) is 15.2. The van der Waals surface area contributed by atoms with Crippen molar-refractivity contribution in [3.05, 3.63) is 83.5 Å². The van der Waals surface area contributed by atoms with Crippen molar-refractivity contribution >= 4 is 28.8 Å². The Hall–Kier alpha value is -3.85. The van der Waals surface area contributed by atoms with Crippen LogP contribution < -0.4 is 10.6 Å². The molecule has 0 atom stereocenters. The van der Waals surface area contributed by atoms with E-state index < -0.39 is 0 Å². The maximum Gasteiger partial charge on any atom is 0.251 e. The van der Waals surface area contributed by atoms with Crippen molar-refractivity contribution in [2.24, 2.45) is 0 Å². The first-order valence-corrected chi connectivity index (χ1v) is 10.5. The second kappa shape index (κ2) is 9.77. The molecule has 8 nitrogen and oxygen atoms in total. The molecule has 1 aromatic carbocycles. The molecule has 0 fully saturated rings. The lowest BCUT2D eigenvalue weighted by Gasteiger charge is -2.08. The molecule has 0 saturated heterocycles. The lowest BCUT2D eigenvalue weighted by molar-refractivity contribution is -0.116. The average Bonchev–Trinajstić information content (AvgIpc) is 3.49. The molecule has 2 N–H and O–H groups in total. The summed E-state index contributed by atoms with van der Waals surface area (Å²) in [6.45, 7) is 0.872. The number of hydrogen-bond acceptors (Lipinski definition) is 6. The summed E-state index contributed by atoms with van der Waals surface area (Å²) >= 11 is 1.49. The van der Waals surface area contributed by atoms with Gasteiger partial charge in [-0.2, -0.15) is 0 Å². The Balaban J connectivity index is 1.31. The molecule has 3 heterocycles. The Morgan fingerprint density at radius 3 is 2.74 bits per heavy atom. The van der Waals surface area contributed by atoms with E-state index in [9.17, 15) is 9.59 Å². The van der Waals surface area contributed by atoms with Crippen LogP contribution in [0.4, 0.5) is 5.69 Å². The molecule has 0 aliphatic carbocycles. The fourth-order valence-electron chi connectivity index (χ4n) is 2.92. The number of thiazole rings is 1. The molecule has 2 amide bonds. The number of nitrogens with zero attached hydrogens (tertiary/aromatic N) is 4. The van der Waals surface area contributed by atoms with Gasteiger partial charge in [-0.25, -0.2) is 9.97 Å². The minimum Gasteiger partial charge on any atom is -0.346 e. The molecule has 0 bridgehead atoms. The summed E-state index contributed by atoms with van der Waals surface area (Å²) in [6, 6.07) is 10.7. The number of benzene rings is 1. The van der Waals surface area contributed by atoms with Crippen LogP contribution in [-0.4, -0.2) is 31.3 Å². The normalized spacial score (nSPS) is 10.6. The number of imidazole rings is 1. The number of amides is 2. The van der Waals surface area contributed by atoms with Gasteiger partial charge < -0.3 is 15.2 Å². The number of aryl methyl sites for hydroxylation is 1. The maximum absolute atomic E-state index is 12.5. The Morgan fingerprint density at radius 1 is 1.06 bits per heavy atom.